The molecule has 2 aromatic rings. The first-order valence-corrected chi connectivity index (χ1v) is 7.58. The van der Waals surface area contributed by atoms with Crippen LogP contribution in [0.3, 0.4) is 0 Å². The summed E-state index contributed by atoms with van der Waals surface area (Å²) in [5.41, 5.74) is 5.25. The third-order valence-corrected chi connectivity index (χ3v) is 4.88. The van der Waals surface area contributed by atoms with Crippen molar-refractivity contribution in [2.75, 3.05) is 19.0 Å². The molecule has 0 radical (unpaired) electrons. The standard InChI is InChI=1S/C18H19NS/c1-11-6-12(2)15-10-16-13(3)8-14(19(4)5)9-18(16)20-17(15)7-11/h6-10H,1H2,2-5H3. The fraction of sp³-hybridized carbons (Fsp3) is 0.222. The van der Waals surface area contributed by atoms with Crippen LogP contribution >= 0.6 is 11.8 Å². The van der Waals surface area contributed by atoms with Crippen LogP contribution in [-0.2, 0) is 0 Å². The van der Waals surface area contributed by atoms with Crippen LogP contribution in [-0.4, -0.2) is 14.1 Å². The van der Waals surface area contributed by atoms with Crippen molar-refractivity contribution < 1.29 is 0 Å². The lowest BCUT2D eigenvalue weighted by Gasteiger charge is -2.20. The number of hydrogen-bond donors (Lipinski definition) is 0. The number of fused-ring (bicyclic) bond motifs is 2. The Bertz CT molecular complexity index is 803. The van der Waals surface area contributed by atoms with E-state index < -0.39 is 0 Å². The Morgan fingerprint density at radius 2 is 1.70 bits per heavy atom. The van der Waals surface area contributed by atoms with Gasteiger partial charge in [0.05, 0.1) is 0 Å². The Morgan fingerprint density at radius 3 is 2.40 bits per heavy atom. The zero-order valence-corrected chi connectivity index (χ0v) is 13.3. The van der Waals surface area contributed by atoms with Gasteiger partial charge in [0.1, 0.15) is 0 Å². The summed E-state index contributed by atoms with van der Waals surface area (Å²) in [6.45, 7) is 8.43. The van der Waals surface area contributed by atoms with Gasteiger partial charge in [0.2, 0.25) is 0 Å². The van der Waals surface area contributed by atoms with Crippen LogP contribution in [0.25, 0.3) is 12.7 Å². The summed E-state index contributed by atoms with van der Waals surface area (Å²) in [6, 6.07) is 8.87. The maximum absolute atomic E-state index is 4.07. The van der Waals surface area contributed by atoms with E-state index in [4.69, 9.17) is 0 Å². The Morgan fingerprint density at radius 1 is 0.950 bits per heavy atom. The molecule has 1 nitrogen and oxygen atoms in total. The molecule has 0 spiro atoms. The van der Waals surface area contributed by atoms with Crippen molar-refractivity contribution in [3.8, 4) is 0 Å². The van der Waals surface area contributed by atoms with Gasteiger partial charge < -0.3 is 4.90 Å². The van der Waals surface area contributed by atoms with Gasteiger partial charge in [-0.2, -0.15) is 0 Å². The van der Waals surface area contributed by atoms with Crippen LogP contribution in [0, 0.1) is 13.8 Å². The highest BCUT2D eigenvalue weighted by atomic mass is 32.2. The average Bonchev–Trinajstić information content (AvgIpc) is 2.36. The molecule has 0 aromatic heterocycles. The lowest BCUT2D eigenvalue weighted by molar-refractivity contribution is 1.11. The van der Waals surface area contributed by atoms with E-state index in [1.54, 1.807) is 0 Å². The number of aryl methyl sites for hydroxylation is 2. The summed E-state index contributed by atoms with van der Waals surface area (Å²) in [5, 5.41) is 2.43. The largest absolute Gasteiger partial charge is 0.378 e. The summed E-state index contributed by atoms with van der Waals surface area (Å²) in [6.07, 6.45) is 2.32. The van der Waals surface area contributed by atoms with E-state index in [0.717, 1.165) is 5.22 Å². The van der Waals surface area contributed by atoms with E-state index in [0.29, 0.717) is 0 Å². The Hall–Kier alpha value is -1.67. The van der Waals surface area contributed by atoms with Crippen molar-refractivity contribution in [3.05, 3.63) is 51.4 Å². The van der Waals surface area contributed by atoms with Gasteiger partial charge >= 0.3 is 0 Å². The molecule has 0 unspecified atom stereocenters. The second kappa shape index (κ2) is 4.71. The predicted molar refractivity (Wildman–Crippen MR) is 89.1 cm³/mol. The lowest BCUT2D eigenvalue weighted by atomic mass is 10.0. The van der Waals surface area contributed by atoms with Gasteiger partial charge in [-0.3, -0.25) is 0 Å². The third-order valence-electron chi connectivity index (χ3n) is 3.77. The maximum atomic E-state index is 4.07. The summed E-state index contributed by atoms with van der Waals surface area (Å²) in [7, 11) is 4.18. The van der Waals surface area contributed by atoms with Crippen LogP contribution < -0.4 is 15.3 Å². The first kappa shape index (κ1) is 13.3. The number of hydrogen-bond acceptors (Lipinski definition) is 2. The molecule has 20 heavy (non-hydrogen) atoms. The van der Waals surface area contributed by atoms with Crippen LogP contribution in [0.15, 0.2) is 34.1 Å². The molecule has 3 rings (SSSR count). The lowest BCUT2D eigenvalue weighted by Crippen LogP contribution is -2.18. The molecule has 0 aliphatic carbocycles. The summed E-state index contributed by atoms with van der Waals surface area (Å²) >= 11 is 1.86. The summed E-state index contributed by atoms with van der Waals surface area (Å²) < 4.78 is 0. The van der Waals surface area contributed by atoms with Gasteiger partial charge in [-0.25, -0.2) is 0 Å². The van der Waals surface area contributed by atoms with E-state index >= 15 is 0 Å². The second-order valence-corrected chi connectivity index (χ2v) is 6.72. The predicted octanol–water partition coefficient (Wildman–Crippen LogP) is 3.07. The summed E-state index contributed by atoms with van der Waals surface area (Å²) in [4.78, 5) is 4.82. The topological polar surface area (TPSA) is 3.24 Å². The molecule has 1 heterocycles. The van der Waals surface area contributed by atoms with Crippen molar-refractivity contribution in [1.82, 2.24) is 0 Å². The van der Waals surface area contributed by atoms with Gasteiger partial charge in [-0.1, -0.05) is 24.4 Å². The Labute approximate surface area is 124 Å². The average molecular weight is 281 g/mol. The van der Waals surface area contributed by atoms with Crippen LogP contribution in [0.1, 0.15) is 16.7 Å². The fourth-order valence-corrected chi connectivity index (χ4v) is 3.93. The highest BCUT2D eigenvalue weighted by Crippen LogP contribution is 2.36. The molecule has 102 valence electrons. The minimum absolute atomic E-state index is 1.09. The van der Waals surface area contributed by atoms with E-state index in [2.05, 4.69) is 69.8 Å². The van der Waals surface area contributed by atoms with Crippen molar-refractivity contribution in [3.63, 3.8) is 0 Å². The van der Waals surface area contributed by atoms with Gasteiger partial charge in [-0.05, 0) is 65.3 Å². The van der Waals surface area contributed by atoms with Crippen molar-refractivity contribution in [1.29, 1.82) is 0 Å². The molecule has 0 saturated heterocycles. The highest BCUT2D eigenvalue weighted by molar-refractivity contribution is 7.99. The van der Waals surface area contributed by atoms with Crippen molar-refractivity contribution in [2.45, 2.75) is 23.6 Å². The smallest absolute Gasteiger partial charge is 0.0375 e. The van der Waals surface area contributed by atoms with Gasteiger partial charge in [0, 0.05) is 29.6 Å². The SMILES string of the molecule is C=c1cc(C)c2c(c1)Sc1cc(N(C)C)cc(C)c1C=2. The minimum atomic E-state index is 1.09. The molecule has 0 saturated carbocycles. The first-order chi connectivity index (χ1) is 9.45. The number of rotatable bonds is 1. The molecular weight excluding hydrogens is 262 g/mol. The molecule has 2 heteroatoms. The summed E-state index contributed by atoms with van der Waals surface area (Å²) in [5.74, 6) is 0. The third kappa shape index (κ3) is 2.14. The molecule has 0 bridgehead atoms. The van der Waals surface area contributed by atoms with Crippen molar-refractivity contribution in [2.24, 2.45) is 0 Å². The van der Waals surface area contributed by atoms with Gasteiger partial charge in [0.15, 0.2) is 0 Å². The minimum Gasteiger partial charge on any atom is -0.378 e. The van der Waals surface area contributed by atoms with Gasteiger partial charge in [0.25, 0.3) is 0 Å². The first-order valence-electron chi connectivity index (χ1n) is 6.77. The maximum Gasteiger partial charge on any atom is 0.0375 e. The van der Waals surface area contributed by atoms with Crippen LogP contribution in [0.4, 0.5) is 5.69 Å². The zero-order chi connectivity index (χ0) is 14.4. The normalized spacial score (nSPS) is 12.4. The van der Waals surface area contributed by atoms with Gasteiger partial charge in [-0.15, -0.1) is 0 Å². The Balaban J connectivity index is 2.29. The molecule has 0 amide bonds. The van der Waals surface area contributed by atoms with Crippen molar-refractivity contribution >= 4 is 30.1 Å². The van der Waals surface area contributed by atoms with Crippen LogP contribution in [0.5, 0.6) is 0 Å². The monoisotopic (exact) mass is 281 g/mol. The van der Waals surface area contributed by atoms with E-state index in [9.17, 15) is 0 Å². The van der Waals surface area contributed by atoms with E-state index in [1.165, 1.54) is 37.4 Å². The van der Waals surface area contributed by atoms with Crippen LogP contribution in [0.2, 0.25) is 0 Å². The number of benzene rings is 2. The number of anilines is 1. The highest BCUT2D eigenvalue weighted by Gasteiger charge is 2.15. The Kier molecular flexibility index (Phi) is 3.14. The quantitative estimate of drug-likeness (QED) is 0.674. The van der Waals surface area contributed by atoms with E-state index in [1.807, 2.05) is 11.8 Å². The fourth-order valence-electron chi connectivity index (χ4n) is 2.65. The molecule has 0 fully saturated rings. The van der Waals surface area contributed by atoms with E-state index in [-0.39, 0.29) is 0 Å². The molecule has 2 aromatic carbocycles. The molecule has 0 N–H and O–H groups in total. The molecule has 0 atom stereocenters. The number of nitrogens with zero attached hydrogens (tertiary/aromatic N) is 1. The zero-order valence-electron chi connectivity index (χ0n) is 12.4. The molecule has 1 aliphatic rings. The molecule has 1 aliphatic heterocycles. The molecular formula is C18H19NS. The second-order valence-electron chi connectivity index (χ2n) is 5.64.